The number of rotatable bonds is 2. The third-order valence-corrected chi connectivity index (χ3v) is 5.02. The van der Waals surface area contributed by atoms with Crippen LogP contribution in [0.1, 0.15) is 50.0 Å². The lowest BCUT2D eigenvalue weighted by molar-refractivity contribution is 0.178. The van der Waals surface area contributed by atoms with Gasteiger partial charge in [0.1, 0.15) is 0 Å². The van der Waals surface area contributed by atoms with Gasteiger partial charge in [-0.3, -0.25) is 0 Å². The Morgan fingerprint density at radius 2 is 1.67 bits per heavy atom. The van der Waals surface area contributed by atoms with E-state index >= 15 is 0 Å². The first-order valence-corrected chi connectivity index (χ1v) is 7.71. The summed E-state index contributed by atoms with van der Waals surface area (Å²) in [5.41, 5.74) is 1.56. The summed E-state index contributed by atoms with van der Waals surface area (Å²) in [4.78, 5) is 0. The second kappa shape index (κ2) is 5.88. The molecule has 0 amide bonds. The number of hydrogen-bond donors (Lipinski definition) is 1. The van der Waals surface area contributed by atoms with Gasteiger partial charge in [-0.1, -0.05) is 62.4 Å². The Bertz CT molecular complexity index is 353. The SMILES string of the molecule is c1ccc(C2CNCCC2C2CCCCC2)cc1. The molecule has 0 aromatic heterocycles. The summed E-state index contributed by atoms with van der Waals surface area (Å²) in [6.45, 7) is 2.41. The van der Waals surface area contributed by atoms with Gasteiger partial charge in [0, 0.05) is 6.54 Å². The zero-order valence-electron chi connectivity index (χ0n) is 11.3. The Hall–Kier alpha value is -0.820. The minimum absolute atomic E-state index is 0.753. The van der Waals surface area contributed by atoms with Crippen molar-refractivity contribution in [2.24, 2.45) is 11.8 Å². The van der Waals surface area contributed by atoms with Gasteiger partial charge >= 0.3 is 0 Å². The van der Waals surface area contributed by atoms with Crippen molar-refractivity contribution in [1.82, 2.24) is 5.32 Å². The normalized spacial score (nSPS) is 30.2. The molecule has 3 rings (SSSR count). The summed E-state index contributed by atoms with van der Waals surface area (Å²) in [7, 11) is 0. The predicted molar refractivity (Wildman–Crippen MR) is 76.7 cm³/mol. The lowest BCUT2D eigenvalue weighted by Gasteiger charge is -2.39. The van der Waals surface area contributed by atoms with Crippen molar-refractivity contribution >= 4 is 0 Å². The van der Waals surface area contributed by atoms with Crippen LogP contribution in [0, 0.1) is 11.8 Å². The Kier molecular flexibility index (Phi) is 3.99. The molecule has 1 N–H and O–H groups in total. The fraction of sp³-hybridized carbons (Fsp3) is 0.647. The molecule has 1 aliphatic heterocycles. The van der Waals surface area contributed by atoms with Crippen LogP contribution in [-0.4, -0.2) is 13.1 Å². The van der Waals surface area contributed by atoms with Gasteiger partial charge in [-0.2, -0.15) is 0 Å². The first-order valence-electron chi connectivity index (χ1n) is 7.71. The Labute approximate surface area is 111 Å². The second-order valence-electron chi connectivity index (χ2n) is 6.07. The van der Waals surface area contributed by atoms with Crippen molar-refractivity contribution in [1.29, 1.82) is 0 Å². The maximum atomic E-state index is 3.60. The summed E-state index contributed by atoms with van der Waals surface area (Å²) in [5.74, 6) is 2.67. The van der Waals surface area contributed by atoms with Crippen molar-refractivity contribution in [3.63, 3.8) is 0 Å². The fourth-order valence-corrected chi connectivity index (χ4v) is 4.07. The maximum Gasteiger partial charge on any atom is 0.00229 e. The Balaban J connectivity index is 1.77. The monoisotopic (exact) mass is 243 g/mol. The summed E-state index contributed by atoms with van der Waals surface area (Å²) < 4.78 is 0. The number of nitrogens with one attached hydrogen (secondary N) is 1. The second-order valence-corrected chi connectivity index (χ2v) is 6.07. The summed E-state index contributed by atoms with van der Waals surface area (Å²) >= 11 is 0. The van der Waals surface area contributed by atoms with Crippen molar-refractivity contribution < 1.29 is 0 Å². The molecule has 1 heteroatoms. The molecule has 0 radical (unpaired) electrons. The van der Waals surface area contributed by atoms with Gasteiger partial charge in [-0.05, 0) is 36.3 Å². The van der Waals surface area contributed by atoms with Gasteiger partial charge in [0.15, 0.2) is 0 Å². The highest BCUT2D eigenvalue weighted by atomic mass is 14.9. The highest BCUT2D eigenvalue weighted by Crippen LogP contribution is 2.41. The van der Waals surface area contributed by atoms with Gasteiger partial charge in [0.25, 0.3) is 0 Å². The molecule has 98 valence electrons. The number of benzene rings is 1. The van der Waals surface area contributed by atoms with E-state index in [-0.39, 0.29) is 0 Å². The smallest absolute Gasteiger partial charge is 0.00229 e. The highest BCUT2D eigenvalue weighted by molar-refractivity contribution is 5.21. The van der Waals surface area contributed by atoms with E-state index in [1.165, 1.54) is 51.6 Å². The maximum absolute atomic E-state index is 3.60. The highest BCUT2D eigenvalue weighted by Gasteiger charge is 2.32. The summed E-state index contributed by atoms with van der Waals surface area (Å²) in [6.07, 6.45) is 8.75. The molecule has 1 aromatic carbocycles. The van der Waals surface area contributed by atoms with Gasteiger partial charge in [-0.15, -0.1) is 0 Å². The molecule has 18 heavy (non-hydrogen) atoms. The Morgan fingerprint density at radius 1 is 0.889 bits per heavy atom. The van der Waals surface area contributed by atoms with Gasteiger partial charge in [-0.25, -0.2) is 0 Å². The first-order chi connectivity index (χ1) is 8.95. The van der Waals surface area contributed by atoms with E-state index < -0.39 is 0 Å². The van der Waals surface area contributed by atoms with Crippen molar-refractivity contribution in [2.75, 3.05) is 13.1 Å². The molecule has 1 aromatic rings. The van der Waals surface area contributed by atoms with E-state index in [1.807, 2.05) is 0 Å². The van der Waals surface area contributed by atoms with Crippen LogP contribution >= 0.6 is 0 Å². The van der Waals surface area contributed by atoms with Crippen LogP contribution in [-0.2, 0) is 0 Å². The topological polar surface area (TPSA) is 12.0 Å². The molecule has 1 heterocycles. The van der Waals surface area contributed by atoms with Crippen LogP contribution in [0.5, 0.6) is 0 Å². The average molecular weight is 243 g/mol. The molecule has 1 aliphatic carbocycles. The zero-order valence-corrected chi connectivity index (χ0v) is 11.3. The van der Waals surface area contributed by atoms with Crippen molar-refractivity contribution in [3.05, 3.63) is 35.9 Å². The van der Waals surface area contributed by atoms with E-state index in [0.29, 0.717) is 0 Å². The summed E-state index contributed by atoms with van der Waals surface area (Å²) in [6, 6.07) is 11.2. The lowest BCUT2D eigenvalue weighted by atomic mass is 9.69. The molecule has 1 saturated heterocycles. The molecule has 0 bridgehead atoms. The van der Waals surface area contributed by atoms with Crippen molar-refractivity contribution in [3.8, 4) is 0 Å². The average Bonchev–Trinajstić information content (AvgIpc) is 2.49. The van der Waals surface area contributed by atoms with Crippen LogP contribution < -0.4 is 5.32 Å². The molecule has 0 spiro atoms. The lowest BCUT2D eigenvalue weighted by Crippen LogP contribution is -2.39. The van der Waals surface area contributed by atoms with E-state index in [0.717, 1.165) is 17.8 Å². The molecular weight excluding hydrogens is 218 g/mol. The molecular formula is C17H25N. The molecule has 1 saturated carbocycles. The van der Waals surface area contributed by atoms with Gasteiger partial charge in [0.2, 0.25) is 0 Å². The van der Waals surface area contributed by atoms with Crippen LogP contribution in [0.15, 0.2) is 30.3 Å². The molecule has 2 atom stereocenters. The van der Waals surface area contributed by atoms with E-state index in [4.69, 9.17) is 0 Å². The largest absolute Gasteiger partial charge is 0.316 e. The first kappa shape index (κ1) is 12.2. The third-order valence-electron chi connectivity index (χ3n) is 5.02. The number of piperidine rings is 1. The minimum atomic E-state index is 0.753. The molecule has 2 aliphatic rings. The molecule has 2 fully saturated rings. The third kappa shape index (κ3) is 2.61. The standard InChI is InChI=1S/C17H25N/c1-3-7-14(8-4-1)16-11-12-18-13-17(16)15-9-5-2-6-10-15/h2,5-6,9-10,14,16-18H,1,3-4,7-8,11-13H2. The number of hydrogen-bond acceptors (Lipinski definition) is 1. The quantitative estimate of drug-likeness (QED) is 0.829. The van der Waals surface area contributed by atoms with E-state index in [2.05, 4.69) is 35.6 Å². The van der Waals surface area contributed by atoms with E-state index in [1.54, 1.807) is 5.56 Å². The minimum Gasteiger partial charge on any atom is -0.316 e. The Morgan fingerprint density at radius 3 is 2.44 bits per heavy atom. The van der Waals surface area contributed by atoms with Crippen LogP contribution in [0.3, 0.4) is 0 Å². The fourth-order valence-electron chi connectivity index (χ4n) is 4.07. The molecule has 1 nitrogen and oxygen atoms in total. The van der Waals surface area contributed by atoms with E-state index in [9.17, 15) is 0 Å². The molecule has 2 unspecified atom stereocenters. The van der Waals surface area contributed by atoms with Crippen LogP contribution in [0.2, 0.25) is 0 Å². The van der Waals surface area contributed by atoms with Crippen LogP contribution in [0.4, 0.5) is 0 Å². The van der Waals surface area contributed by atoms with Gasteiger partial charge < -0.3 is 5.32 Å². The summed E-state index contributed by atoms with van der Waals surface area (Å²) in [5, 5.41) is 3.60. The van der Waals surface area contributed by atoms with Crippen molar-refractivity contribution in [2.45, 2.75) is 44.4 Å². The zero-order chi connectivity index (χ0) is 12.2. The van der Waals surface area contributed by atoms with Gasteiger partial charge in [0.05, 0.1) is 0 Å². The van der Waals surface area contributed by atoms with Crippen LogP contribution in [0.25, 0.3) is 0 Å². The predicted octanol–water partition coefficient (Wildman–Crippen LogP) is 3.96.